The second kappa shape index (κ2) is 5.12. The van der Waals surface area contributed by atoms with Crippen molar-refractivity contribution >= 4 is 29.5 Å². The van der Waals surface area contributed by atoms with Gasteiger partial charge in [-0.1, -0.05) is 5.16 Å². The first-order chi connectivity index (χ1) is 7.25. The summed E-state index contributed by atoms with van der Waals surface area (Å²) in [4.78, 5) is 4.35. The summed E-state index contributed by atoms with van der Waals surface area (Å²) < 4.78 is 5.13. The standard InChI is InChI=1S/C9H15N3OS2/c1-6(2)10-9-11-8(12-13-9)7-5-14-3-4-15-7/h6-7H,3-5H2,1-2H3,(H,10,11,12). The van der Waals surface area contributed by atoms with Crippen molar-refractivity contribution in [3.8, 4) is 0 Å². The van der Waals surface area contributed by atoms with Crippen molar-refractivity contribution in [1.82, 2.24) is 10.1 Å². The van der Waals surface area contributed by atoms with Gasteiger partial charge in [-0.15, -0.1) is 11.8 Å². The first-order valence-electron chi connectivity index (χ1n) is 5.05. The van der Waals surface area contributed by atoms with Crippen LogP contribution >= 0.6 is 23.5 Å². The van der Waals surface area contributed by atoms with E-state index in [9.17, 15) is 0 Å². The minimum absolute atomic E-state index is 0.326. The minimum Gasteiger partial charge on any atom is -0.336 e. The van der Waals surface area contributed by atoms with Crippen molar-refractivity contribution in [3.05, 3.63) is 5.82 Å². The first kappa shape index (κ1) is 11.1. The SMILES string of the molecule is CC(C)Nc1nc(C2CSCCS2)no1. The lowest BCUT2D eigenvalue weighted by Gasteiger charge is -2.16. The van der Waals surface area contributed by atoms with Gasteiger partial charge >= 0.3 is 6.01 Å². The lowest BCUT2D eigenvalue weighted by Crippen LogP contribution is -2.11. The molecule has 1 aliphatic heterocycles. The van der Waals surface area contributed by atoms with Gasteiger partial charge in [0.15, 0.2) is 5.82 Å². The fourth-order valence-corrected chi connectivity index (χ4v) is 3.90. The predicted molar refractivity (Wildman–Crippen MR) is 65.6 cm³/mol. The van der Waals surface area contributed by atoms with Crippen molar-refractivity contribution in [1.29, 1.82) is 0 Å². The predicted octanol–water partition coefficient (Wildman–Crippen LogP) is 2.41. The number of thioether (sulfide) groups is 2. The topological polar surface area (TPSA) is 51.0 Å². The highest BCUT2D eigenvalue weighted by Gasteiger charge is 2.21. The molecular formula is C9H15N3OS2. The number of aromatic nitrogens is 2. The van der Waals surface area contributed by atoms with Gasteiger partial charge in [0.25, 0.3) is 0 Å². The molecule has 1 fully saturated rings. The molecule has 0 saturated carbocycles. The highest BCUT2D eigenvalue weighted by molar-refractivity contribution is 8.06. The Morgan fingerprint density at radius 3 is 3.00 bits per heavy atom. The maximum Gasteiger partial charge on any atom is 0.321 e. The molecule has 0 spiro atoms. The smallest absolute Gasteiger partial charge is 0.321 e. The first-order valence-corrected chi connectivity index (χ1v) is 7.25. The van der Waals surface area contributed by atoms with Crippen LogP contribution in [0.1, 0.15) is 24.9 Å². The lowest BCUT2D eigenvalue weighted by molar-refractivity contribution is 0.420. The highest BCUT2D eigenvalue weighted by atomic mass is 32.2. The average molecular weight is 245 g/mol. The summed E-state index contributed by atoms with van der Waals surface area (Å²) in [5, 5.41) is 7.52. The normalized spacial score (nSPS) is 21.9. The molecule has 1 N–H and O–H groups in total. The molecule has 84 valence electrons. The third kappa shape index (κ3) is 3.04. The van der Waals surface area contributed by atoms with Gasteiger partial charge in [0.1, 0.15) is 0 Å². The number of hydrogen-bond donors (Lipinski definition) is 1. The molecule has 1 aliphatic rings. The molecule has 0 aliphatic carbocycles. The van der Waals surface area contributed by atoms with Crippen LogP contribution in [0.2, 0.25) is 0 Å². The van der Waals surface area contributed by atoms with Crippen LogP contribution in [0.3, 0.4) is 0 Å². The summed E-state index contributed by atoms with van der Waals surface area (Å²) in [7, 11) is 0. The molecule has 2 rings (SSSR count). The summed E-state index contributed by atoms with van der Waals surface area (Å²) in [6.45, 7) is 4.10. The summed E-state index contributed by atoms with van der Waals surface area (Å²) in [5.74, 6) is 4.33. The van der Waals surface area contributed by atoms with E-state index in [4.69, 9.17) is 4.52 Å². The molecule has 0 aromatic carbocycles. The molecule has 1 unspecified atom stereocenters. The van der Waals surface area contributed by atoms with Gasteiger partial charge in [-0.25, -0.2) is 0 Å². The van der Waals surface area contributed by atoms with E-state index in [1.54, 1.807) is 0 Å². The Kier molecular flexibility index (Phi) is 3.80. The number of hydrogen-bond acceptors (Lipinski definition) is 6. The molecule has 2 heterocycles. The van der Waals surface area contributed by atoms with Gasteiger partial charge in [0, 0.05) is 23.3 Å². The molecule has 0 amide bonds. The number of anilines is 1. The van der Waals surface area contributed by atoms with E-state index in [1.807, 2.05) is 23.5 Å². The molecule has 1 aromatic heterocycles. The fraction of sp³-hybridized carbons (Fsp3) is 0.778. The van der Waals surface area contributed by atoms with E-state index in [0.717, 1.165) is 11.6 Å². The van der Waals surface area contributed by atoms with Crippen LogP contribution < -0.4 is 5.32 Å². The summed E-state index contributed by atoms with van der Waals surface area (Å²) >= 11 is 3.87. The Hall–Kier alpha value is -0.360. The second-order valence-electron chi connectivity index (χ2n) is 3.69. The maximum atomic E-state index is 5.13. The van der Waals surface area contributed by atoms with Crippen molar-refractivity contribution in [2.24, 2.45) is 0 Å². The largest absolute Gasteiger partial charge is 0.336 e. The third-order valence-corrected chi connectivity index (χ3v) is 4.71. The second-order valence-corrected chi connectivity index (χ2v) is 6.15. The Labute approximate surface area is 98.0 Å². The molecule has 1 saturated heterocycles. The van der Waals surface area contributed by atoms with E-state index in [1.165, 1.54) is 11.5 Å². The third-order valence-electron chi connectivity index (χ3n) is 1.96. The van der Waals surface area contributed by atoms with Crippen LogP contribution in [0, 0.1) is 0 Å². The Balaban J connectivity index is 1.99. The fourth-order valence-electron chi connectivity index (χ4n) is 1.31. The van der Waals surface area contributed by atoms with Crippen LogP contribution in [0.15, 0.2) is 4.52 Å². The van der Waals surface area contributed by atoms with Gasteiger partial charge in [-0.2, -0.15) is 16.7 Å². The molecular weight excluding hydrogens is 230 g/mol. The summed E-state index contributed by atoms with van der Waals surface area (Å²) in [5.41, 5.74) is 0. The van der Waals surface area contributed by atoms with Gasteiger partial charge in [0.2, 0.25) is 0 Å². The lowest BCUT2D eigenvalue weighted by atomic mass is 10.4. The molecule has 6 heteroatoms. The zero-order chi connectivity index (χ0) is 10.7. The zero-order valence-corrected chi connectivity index (χ0v) is 10.5. The zero-order valence-electron chi connectivity index (χ0n) is 8.90. The summed E-state index contributed by atoms with van der Waals surface area (Å²) in [6.07, 6.45) is 0. The molecule has 4 nitrogen and oxygen atoms in total. The van der Waals surface area contributed by atoms with E-state index in [-0.39, 0.29) is 0 Å². The molecule has 0 radical (unpaired) electrons. The molecule has 0 bridgehead atoms. The van der Waals surface area contributed by atoms with Crippen LogP contribution in [0.4, 0.5) is 6.01 Å². The van der Waals surface area contributed by atoms with E-state index in [0.29, 0.717) is 17.3 Å². The number of nitrogens with one attached hydrogen (secondary N) is 1. The number of nitrogens with zero attached hydrogens (tertiary/aromatic N) is 2. The van der Waals surface area contributed by atoms with Crippen LogP contribution in [-0.4, -0.2) is 33.4 Å². The monoisotopic (exact) mass is 245 g/mol. The summed E-state index contributed by atoms with van der Waals surface area (Å²) in [6, 6.07) is 0.864. The minimum atomic E-state index is 0.326. The van der Waals surface area contributed by atoms with E-state index >= 15 is 0 Å². The van der Waals surface area contributed by atoms with E-state index in [2.05, 4.69) is 29.3 Å². The van der Waals surface area contributed by atoms with Gasteiger partial charge < -0.3 is 9.84 Å². The van der Waals surface area contributed by atoms with Crippen molar-refractivity contribution < 1.29 is 4.52 Å². The van der Waals surface area contributed by atoms with Crippen molar-refractivity contribution in [2.75, 3.05) is 22.6 Å². The number of rotatable bonds is 3. The van der Waals surface area contributed by atoms with Gasteiger partial charge in [-0.3, -0.25) is 0 Å². The van der Waals surface area contributed by atoms with Crippen LogP contribution in [0.5, 0.6) is 0 Å². The average Bonchev–Trinajstić information content (AvgIpc) is 2.67. The molecule has 1 atom stereocenters. The van der Waals surface area contributed by atoms with Crippen LogP contribution in [-0.2, 0) is 0 Å². The Bertz CT molecular complexity index is 310. The molecule has 15 heavy (non-hydrogen) atoms. The van der Waals surface area contributed by atoms with Crippen LogP contribution in [0.25, 0.3) is 0 Å². The van der Waals surface area contributed by atoms with Gasteiger partial charge in [-0.05, 0) is 13.8 Å². The Morgan fingerprint density at radius 2 is 2.33 bits per heavy atom. The molecule has 1 aromatic rings. The van der Waals surface area contributed by atoms with Gasteiger partial charge in [0.05, 0.1) is 5.25 Å². The quantitative estimate of drug-likeness (QED) is 0.882. The van der Waals surface area contributed by atoms with Crippen molar-refractivity contribution in [3.63, 3.8) is 0 Å². The van der Waals surface area contributed by atoms with Crippen molar-refractivity contribution in [2.45, 2.75) is 25.1 Å². The Morgan fingerprint density at radius 1 is 1.47 bits per heavy atom. The van der Waals surface area contributed by atoms with E-state index < -0.39 is 0 Å². The maximum absolute atomic E-state index is 5.13. The highest BCUT2D eigenvalue weighted by Crippen LogP contribution is 2.35.